The number of nitrogen functional groups attached to an aromatic ring is 1. The van der Waals surface area contributed by atoms with Crippen LogP contribution in [0.2, 0.25) is 0 Å². The van der Waals surface area contributed by atoms with Gasteiger partial charge in [0.2, 0.25) is 0 Å². The molecule has 1 aromatic rings. The predicted molar refractivity (Wildman–Crippen MR) is 50.1 cm³/mol. The van der Waals surface area contributed by atoms with Crippen molar-refractivity contribution in [3.8, 4) is 6.07 Å². The molecule has 0 fully saturated rings. The Morgan fingerprint density at radius 2 is 2.38 bits per heavy atom. The lowest BCUT2D eigenvalue weighted by Gasteiger charge is -2.09. The molecule has 0 spiro atoms. The molecule has 0 bridgehead atoms. The first kappa shape index (κ1) is 9.33. The number of hydrogen-bond donors (Lipinski definition) is 1. The summed E-state index contributed by atoms with van der Waals surface area (Å²) in [5, 5.41) is 8.74. The van der Waals surface area contributed by atoms with E-state index in [1.807, 2.05) is 13.0 Å². The van der Waals surface area contributed by atoms with Crippen molar-refractivity contribution in [3.63, 3.8) is 0 Å². The lowest BCUT2D eigenvalue weighted by atomic mass is 10.2. The maximum Gasteiger partial charge on any atom is 0.251 e. The third-order valence-corrected chi connectivity index (χ3v) is 1.83. The fraction of sp³-hybridized carbons (Fsp3) is 0.333. The average Bonchev–Trinajstić information content (AvgIpc) is 2.13. The van der Waals surface area contributed by atoms with E-state index in [0.717, 1.165) is 0 Å². The third-order valence-electron chi connectivity index (χ3n) is 1.83. The molecule has 0 saturated heterocycles. The molecule has 1 rings (SSSR count). The molecule has 68 valence electrons. The molecular formula is C9H11N3O. The molecule has 0 saturated carbocycles. The molecule has 0 aromatic carbocycles. The highest BCUT2D eigenvalue weighted by atomic mass is 16.1. The quantitative estimate of drug-likeness (QED) is 0.729. The van der Waals surface area contributed by atoms with Crippen molar-refractivity contribution in [3.05, 3.63) is 28.7 Å². The smallest absolute Gasteiger partial charge is 0.251 e. The Morgan fingerprint density at radius 1 is 1.69 bits per heavy atom. The number of nitrogens with zero attached hydrogens (tertiary/aromatic N) is 2. The molecule has 4 nitrogen and oxygen atoms in total. The molecule has 1 atom stereocenters. The monoisotopic (exact) mass is 177 g/mol. The maximum absolute atomic E-state index is 11.3. The minimum atomic E-state index is -0.420. The van der Waals surface area contributed by atoms with E-state index in [4.69, 9.17) is 11.0 Å². The van der Waals surface area contributed by atoms with Gasteiger partial charge >= 0.3 is 0 Å². The van der Waals surface area contributed by atoms with Crippen LogP contribution in [-0.2, 0) is 0 Å². The molecule has 13 heavy (non-hydrogen) atoms. The van der Waals surface area contributed by atoms with E-state index in [1.165, 1.54) is 22.9 Å². The fourth-order valence-corrected chi connectivity index (χ4v) is 1.11. The van der Waals surface area contributed by atoms with E-state index < -0.39 is 6.04 Å². The standard InChI is InChI=1S/C9H11N3O/c1-2-8(5-10)12-6-7(11)3-4-9(12)13/h3-4,6,8H,2,11H2,1H3. The Hall–Kier alpha value is -1.76. The molecule has 0 aliphatic rings. The largest absolute Gasteiger partial charge is 0.398 e. The van der Waals surface area contributed by atoms with E-state index in [9.17, 15) is 4.79 Å². The zero-order chi connectivity index (χ0) is 9.84. The lowest BCUT2D eigenvalue weighted by molar-refractivity contribution is 0.578. The fourth-order valence-electron chi connectivity index (χ4n) is 1.11. The lowest BCUT2D eigenvalue weighted by Crippen LogP contribution is -2.22. The summed E-state index contributed by atoms with van der Waals surface area (Å²) in [7, 11) is 0. The van der Waals surface area contributed by atoms with Crippen LogP contribution in [0.5, 0.6) is 0 Å². The van der Waals surface area contributed by atoms with Crippen molar-refractivity contribution in [1.82, 2.24) is 4.57 Å². The van der Waals surface area contributed by atoms with E-state index >= 15 is 0 Å². The van der Waals surface area contributed by atoms with Gasteiger partial charge in [-0.15, -0.1) is 0 Å². The summed E-state index contributed by atoms with van der Waals surface area (Å²) >= 11 is 0. The summed E-state index contributed by atoms with van der Waals surface area (Å²) in [5.41, 5.74) is 5.81. The highest BCUT2D eigenvalue weighted by molar-refractivity contribution is 5.33. The first-order valence-corrected chi connectivity index (χ1v) is 4.06. The van der Waals surface area contributed by atoms with Crippen LogP contribution < -0.4 is 11.3 Å². The highest BCUT2D eigenvalue weighted by Gasteiger charge is 2.07. The highest BCUT2D eigenvalue weighted by Crippen LogP contribution is 2.08. The summed E-state index contributed by atoms with van der Waals surface area (Å²) in [5.74, 6) is 0. The molecule has 1 heterocycles. The van der Waals surface area contributed by atoms with Gasteiger partial charge in [0, 0.05) is 18.0 Å². The SMILES string of the molecule is CCC(C#N)n1cc(N)ccc1=O. The van der Waals surface area contributed by atoms with Gasteiger partial charge in [-0.1, -0.05) is 6.92 Å². The number of hydrogen-bond acceptors (Lipinski definition) is 3. The van der Waals surface area contributed by atoms with Crippen LogP contribution in [0.4, 0.5) is 5.69 Å². The van der Waals surface area contributed by atoms with Gasteiger partial charge in [-0.25, -0.2) is 0 Å². The van der Waals surface area contributed by atoms with E-state index in [0.29, 0.717) is 12.1 Å². The summed E-state index contributed by atoms with van der Waals surface area (Å²) in [4.78, 5) is 11.3. The van der Waals surface area contributed by atoms with Gasteiger partial charge in [-0.2, -0.15) is 5.26 Å². The molecule has 0 amide bonds. The topological polar surface area (TPSA) is 71.8 Å². The summed E-state index contributed by atoms with van der Waals surface area (Å²) in [6.07, 6.45) is 2.10. The average molecular weight is 177 g/mol. The second-order valence-electron chi connectivity index (χ2n) is 2.76. The molecular weight excluding hydrogens is 166 g/mol. The van der Waals surface area contributed by atoms with Crippen LogP contribution in [0.25, 0.3) is 0 Å². The predicted octanol–water partition coefficient (Wildman–Crippen LogP) is 0.905. The molecule has 0 radical (unpaired) electrons. The van der Waals surface area contributed by atoms with Crippen molar-refractivity contribution < 1.29 is 0 Å². The second-order valence-corrected chi connectivity index (χ2v) is 2.76. The third kappa shape index (κ3) is 1.88. The van der Waals surface area contributed by atoms with Gasteiger partial charge < -0.3 is 5.73 Å². The van der Waals surface area contributed by atoms with Crippen molar-refractivity contribution >= 4 is 5.69 Å². The van der Waals surface area contributed by atoms with Crippen molar-refractivity contribution in [2.24, 2.45) is 0 Å². The van der Waals surface area contributed by atoms with Crippen molar-refractivity contribution in [2.75, 3.05) is 5.73 Å². The number of nitriles is 1. The maximum atomic E-state index is 11.3. The van der Waals surface area contributed by atoms with Gasteiger partial charge in [0.05, 0.1) is 6.07 Å². The van der Waals surface area contributed by atoms with Crippen LogP contribution in [0.1, 0.15) is 19.4 Å². The number of anilines is 1. The zero-order valence-electron chi connectivity index (χ0n) is 7.40. The Labute approximate surface area is 76.2 Å². The molecule has 0 aliphatic carbocycles. The zero-order valence-corrected chi connectivity index (χ0v) is 7.40. The van der Waals surface area contributed by atoms with Crippen LogP contribution >= 0.6 is 0 Å². The van der Waals surface area contributed by atoms with Gasteiger partial charge in [-0.3, -0.25) is 9.36 Å². The minimum absolute atomic E-state index is 0.192. The Morgan fingerprint density at radius 3 is 2.92 bits per heavy atom. The number of aromatic nitrogens is 1. The van der Waals surface area contributed by atoms with Gasteiger partial charge in [0.25, 0.3) is 5.56 Å². The first-order valence-electron chi connectivity index (χ1n) is 4.06. The van der Waals surface area contributed by atoms with E-state index in [-0.39, 0.29) is 5.56 Å². The molecule has 2 N–H and O–H groups in total. The van der Waals surface area contributed by atoms with Gasteiger partial charge in [0.1, 0.15) is 6.04 Å². The number of pyridine rings is 1. The van der Waals surface area contributed by atoms with Crippen LogP contribution in [-0.4, -0.2) is 4.57 Å². The Kier molecular flexibility index (Phi) is 2.70. The Bertz CT molecular complexity index is 389. The summed E-state index contributed by atoms with van der Waals surface area (Å²) in [6, 6.07) is 4.52. The van der Waals surface area contributed by atoms with Gasteiger partial charge in [-0.05, 0) is 12.5 Å². The van der Waals surface area contributed by atoms with Crippen molar-refractivity contribution in [2.45, 2.75) is 19.4 Å². The number of rotatable bonds is 2. The molecule has 0 aliphatic heterocycles. The van der Waals surface area contributed by atoms with Crippen LogP contribution in [0.15, 0.2) is 23.1 Å². The van der Waals surface area contributed by atoms with E-state index in [2.05, 4.69) is 0 Å². The summed E-state index contributed by atoms with van der Waals surface area (Å²) < 4.78 is 1.36. The second kappa shape index (κ2) is 3.76. The molecule has 1 aromatic heterocycles. The van der Waals surface area contributed by atoms with Gasteiger partial charge in [0.15, 0.2) is 0 Å². The minimum Gasteiger partial charge on any atom is -0.398 e. The normalized spacial score (nSPS) is 12.0. The van der Waals surface area contributed by atoms with Crippen LogP contribution in [0.3, 0.4) is 0 Å². The number of nitrogens with two attached hydrogens (primary N) is 1. The Balaban J connectivity index is 3.21. The van der Waals surface area contributed by atoms with Crippen LogP contribution in [0, 0.1) is 11.3 Å². The van der Waals surface area contributed by atoms with E-state index in [1.54, 1.807) is 0 Å². The summed E-state index contributed by atoms with van der Waals surface area (Å²) in [6.45, 7) is 1.85. The molecule has 4 heteroatoms. The first-order chi connectivity index (χ1) is 6.19. The van der Waals surface area contributed by atoms with Crippen molar-refractivity contribution in [1.29, 1.82) is 5.26 Å². The molecule has 1 unspecified atom stereocenters.